The first-order valence-corrected chi connectivity index (χ1v) is 14.2. The van der Waals surface area contributed by atoms with Crippen LogP contribution in [0.5, 0.6) is 0 Å². The predicted molar refractivity (Wildman–Crippen MR) is 149 cm³/mol. The number of imidazole rings is 1. The summed E-state index contributed by atoms with van der Waals surface area (Å²) in [7, 11) is 0. The number of ether oxygens (including phenoxy) is 1. The maximum absolute atomic E-state index is 15.0. The number of halogens is 3. The van der Waals surface area contributed by atoms with Crippen LogP contribution in [0.2, 0.25) is 0 Å². The van der Waals surface area contributed by atoms with Gasteiger partial charge in [-0.2, -0.15) is 0 Å². The van der Waals surface area contributed by atoms with Crippen molar-refractivity contribution in [3.8, 4) is 11.3 Å². The van der Waals surface area contributed by atoms with E-state index in [4.69, 9.17) is 9.72 Å². The van der Waals surface area contributed by atoms with Crippen LogP contribution >= 0.6 is 0 Å². The maximum Gasteiger partial charge on any atom is 0.251 e. The lowest BCUT2D eigenvalue weighted by atomic mass is 9.88. The SMILES string of the molecule is Cc1cccc(Cn2cc(-c3cc(F)ccc3F)nc2[C@@H](C2CCOCC2)N(C[C@@H]2CNC[C@@H]2F)C(=O)[C@H](C)O)c1. The number of aliphatic hydroxyl groups excluding tert-OH is 1. The first-order valence-electron chi connectivity index (χ1n) is 14.2. The van der Waals surface area contributed by atoms with Crippen LogP contribution in [0.1, 0.15) is 42.8 Å². The van der Waals surface area contributed by atoms with Crippen LogP contribution in [-0.2, 0) is 16.1 Å². The number of carbonyl (C=O) groups is 1. The molecule has 3 heterocycles. The summed E-state index contributed by atoms with van der Waals surface area (Å²) < 4.78 is 51.5. The van der Waals surface area contributed by atoms with Crippen molar-refractivity contribution in [1.82, 2.24) is 19.8 Å². The second-order valence-electron chi connectivity index (χ2n) is 11.2. The van der Waals surface area contributed by atoms with Crippen molar-refractivity contribution in [2.75, 3.05) is 32.8 Å². The van der Waals surface area contributed by atoms with Crippen LogP contribution in [-0.4, -0.2) is 70.6 Å². The Labute approximate surface area is 238 Å². The Kier molecular flexibility index (Phi) is 9.11. The molecule has 4 atom stereocenters. The molecular formula is C31H37F3N4O3. The van der Waals surface area contributed by atoms with E-state index in [1.54, 1.807) is 11.1 Å². The number of aryl methyl sites for hydroxylation is 1. The minimum absolute atomic E-state index is 0.0113. The van der Waals surface area contributed by atoms with E-state index < -0.39 is 41.8 Å². The van der Waals surface area contributed by atoms with Crippen molar-refractivity contribution in [2.45, 2.75) is 51.6 Å². The van der Waals surface area contributed by atoms with Crippen LogP contribution in [0.3, 0.4) is 0 Å². The molecule has 3 aromatic rings. The minimum Gasteiger partial charge on any atom is -0.384 e. The molecule has 2 aliphatic heterocycles. The van der Waals surface area contributed by atoms with Gasteiger partial charge in [-0.1, -0.05) is 29.8 Å². The predicted octanol–water partition coefficient (Wildman–Crippen LogP) is 4.42. The van der Waals surface area contributed by atoms with Gasteiger partial charge < -0.3 is 24.6 Å². The zero-order valence-corrected chi connectivity index (χ0v) is 23.4. The third-order valence-electron chi connectivity index (χ3n) is 8.09. The van der Waals surface area contributed by atoms with E-state index in [1.165, 1.54) is 6.92 Å². The fourth-order valence-corrected chi connectivity index (χ4v) is 5.97. The van der Waals surface area contributed by atoms with E-state index in [9.17, 15) is 23.1 Å². The molecule has 2 aromatic carbocycles. The third-order valence-corrected chi connectivity index (χ3v) is 8.09. The van der Waals surface area contributed by atoms with Gasteiger partial charge in [-0.25, -0.2) is 18.2 Å². The average molecular weight is 571 g/mol. The summed E-state index contributed by atoms with van der Waals surface area (Å²) in [6.07, 6.45) is 0.472. The van der Waals surface area contributed by atoms with Crippen LogP contribution in [0.4, 0.5) is 13.2 Å². The quantitative estimate of drug-likeness (QED) is 0.398. The van der Waals surface area contributed by atoms with Gasteiger partial charge in [0.05, 0.1) is 11.7 Å². The van der Waals surface area contributed by atoms with Gasteiger partial charge >= 0.3 is 0 Å². The summed E-state index contributed by atoms with van der Waals surface area (Å²) in [6, 6.07) is 10.5. The molecule has 2 aliphatic rings. The van der Waals surface area contributed by atoms with Gasteiger partial charge in [0.15, 0.2) is 0 Å². The largest absolute Gasteiger partial charge is 0.384 e. The highest BCUT2D eigenvalue weighted by Crippen LogP contribution is 2.38. The monoisotopic (exact) mass is 570 g/mol. The summed E-state index contributed by atoms with van der Waals surface area (Å²) in [5.41, 5.74) is 2.28. The first kappa shape index (κ1) is 29.3. The van der Waals surface area contributed by atoms with E-state index in [1.807, 2.05) is 35.8 Å². The fraction of sp³-hybridized carbons (Fsp3) is 0.484. The zero-order chi connectivity index (χ0) is 29.1. The van der Waals surface area contributed by atoms with E-state index in [0.717, 1.165) is 29.3 Å². The Bertz CT molecular complexity index is 1360. The molecule has 2 saturated heterocycles. The lowest BCUT2D eigenvalue weighted by Gasteiger charge is -2.40. The Morgan fingerprint density at radius 1 is 1.20 bits per heavy atom. The zero-order valence-electron chi connectivity index (χ0n) is 23.4. The van der Waals surface area contributed by atoms with Gasteiger partial charge in [-0.3, -0.25) is 4.79 Å². The molecule has 41 heavy (non-hydrogen) atoms. The molecule has 5 rings (SSSR count). The number of amides is 1. The van der Waals surface area contributed by atoms with Crippen molar-refractivity contribution in [2.24, 2.45) is 11.8 Å². The third kappa shape index (κ3) is 6.66. The van der Waals surface area contributed by atoms with Crippen LogP contribution < -0.4 is 5.32 Å². The topological polar surface area (TPSA) is 79.6 Å². The van der Waals surface area contributed by atoms with Gasteiger partial charge in [0.1, 0.15) is 29.7 Å². The summed E-state index contributed by atoms with van der Waals surface area (Å²) in [5, 5.41) is 13.5. The number of hydrogen-bond donors (Lipinski definition) is 2. The number of benzene rings is 2. The second-order valence-corrected chi connectivity index (χ2v) is 11.2. The van der Waals surface area contributed by atoms with Crippen molar-refractivity contribution in [1.29, 1.82) is 0 Å². The molecule has 0 bridgehead atoms. The van der Waals surface area contributed by atoms with Gasteiger partial charge in [0.2, 0.25) is 0 Å². The average Bonchev–Trinajstić information content (AvgIpc) is 3.55. The number of nitrogens with one attached hydrogen (secondary N) is 1. The molecule has 220 valence electrons. The smallest absolute Gasteiger partial charge is 0.251 e. The minimum atomic E-state index is -1.31. The maximum atomic E-state index is 15.0. The second kappa shape index (κ2) is 12.8. The highest BCUT2D eigenvalue weighted by atomic mass is 19.1. The lowest BCUT2D eigenvalue weighted by Crippen LogP contribution is -2.48. The van der Waals surface area contributed by atoms with Gasteiger partial charge in [-0.15, -0.1) is 0 Å². The molecule has 2 fully saturated rings. The Hall–Kier alpha value is -3.21. The molecule has 10 heteroatoms. The number of alkyl halides is 1. The Balaban J connectivity index is 1.66. The summed E-state index contributed by atoms with van der Waals surface area (Å²) >= 11 is 0. The van der Waals surface area contributed by atoms with E-state index >= 15 is 0 Å². The summed E-state index contributed by atoms with van der Waals surface area (Å²) in [4.78, 5) is 20.1. The van der Waals surface area contributed by atoms with Crippen molar-refractivity contribution in [3.05, 3.63) is 77.2 Å². The number of nitrogens with zero attached hydrogens (tertiary/aromatic N) is 3. The summed E-state index contributed by atoms with van der Waals surface area (Å²) in [5.74, 6) is -1.82. The fourth-order valence-electron chi connectivity index (χ4n) is 5.97. The lowest BCUT2D eigenvalue weighted by molar-refractivity contribution is -0.145. The molecule has 0 saturated carbocycles. The molecule has 0 aliphatic carbocycles. The molecule has 2 N–H and O–H groups in total. The number of hydrogen-bond acceptors (Lipinski definition) is 5. The molecule has 1 amide bonds. The van der Waals surface area contributed by atoms with E-state index in [-0.39, 0.29) is 30.3 Å². The van der Waals surface area contributed by atoms with Crippen LogP contribution in [0.25, 0.3) is 11.3 Å². The molecular weight excluding hydrogens is 533 g/mol. The number of aromatic nitrogens is 2. The van der Waals surface area contributed by atoms with Crippen LogP contribution in [0.15, 0.2) is 48.7 Å². The normalized spacial score (nSPS) is 21.1. The first-order chi connectivity index (χ1) is 19.7. The molecule has 1 aromatic heterocycles. The number of carbonyl (C=O) groups excluding carboxylic acids is 1. The Morgan fingerprint density at radius 2 is 1.98 bits per heavy atom. The van der Waals surface area contributed by atoms with Crippen molar-refractivity contribution < 1.29 is 27.8 Å². The number of aliphatic hydroxyl groups is 1. The molecule has 0 spiro atoms. The van der Waals surface area contributed by atoms with Gasteiger partial charge in [-0.05, 0) is 56.4 Å². The molecule has 0 unspecified atom stereocenters. The van der Waals surface area contributed by atoms with Gasteiger partial charge in [0.25, 0.3) is 5.91 Å². The number of rotatable bonds is 9. The standard InChI is InChI=1S/C31H37F3N4O3/c1-19-4-3-5-21(12-19)16-37-18-28(25-13-24(32)6-7-26(25)33)36-30(37)29(22-8-10-41-11-9-22)38(31(40)20(2)39)17-23-14-35-15-27(23)34/h3-7,12-13,18,20,22-23,27,29,35,39H,8-11,14-17H2,1-2H3/t20-,23-,27-,29+/m0/s1. The highest BCUT2D eigenvalue weighted by Gasteiger charge is 2.41. The molecule has 7 nitrogen and oxygen atoms in total. The highest BCUT2D eigenvalue weighted by molar-refractivity contribution is 5.80. The molecule has 0 radical (unpaired) electrons. The van der Waals surface area contributed by atoms with Gasteiger partial charge in [0, 0.05) is 57.1 Å². The van der Waals surface area contributed by atoms with Crippen LogP contribution in [0, 0.1) is 30.4 Å². The van der Waals surface area contributed by atoms with Crippen molar-refractivity contribution in [3.63, 3.8) is 0 Å². The summed E-state index contributed by atoms with van der Waals surface area (Å²) in [6.45, 7) is 5.43. The Morgan fingerprint density at radius 3 is 2.66 bits per heavy atom. The van der Waals surface area contributed by atoms with E-state index in [2.05, 4.69) is 5.32 Å². The van der Waals surface area contributed by atoms with E-state index in [0.29, 0.717) is 45.0 Å². The van der Waals surface area contributed by atoms with Crippen molar-refractivity contribution >= 4 is 5.91 Å².